The third-order valence-corrected chi connectivity index (χ3v) is 4.30. The number of piperidine rings is 1. The molecule has 1 unspecified atom stereocenters. The van der Waals surface area contributed by atoms with Gasteiger partial charge in [-0.15, -0.1) is 0 Å². The summed E-state index contributed by atoms with van der Waals surface area (Å²) in [6, 6.07) is -1.72. The average Bonchev–Trinajstić information content (AvgIpc) is 3.05. The second-order valence-electron chi connectivity index (χ2n) is 5.73. The van der Waals surface area contributed by atoms with Crippen LogP contribution < -0.4 is 5.32 Å². The van der Waals surface area contributed by atoms with Gasteiger partial charge in [0.15, 0.2) is 5.78 Å². The van der Waals surface area contributed by atoms with Crippen molar-refractivity contribution in [1.82, 2.24) is 15.3 Å². The van der Waals surface area contributed by atoms with Crippen molar-refractivity contribution in [3.63, 3.8) is 0 Å². The molecule has 0 spiro atoms. The third-order valence-electron chi connectivity index (χ3n) is 4.30. The first-order chi connectivity index (χ1) is 9.81. The van der Waals surface area contributed by atoms with Crippen LogP contribution in [0.3, 0.4) is 0 Å². The summed E-state index contributed by atoms with van der Waals surface area (Å²) in [6.07, 6.45) is 0.384. The maximum absolute atomic E-state index is 12.7. The summed E-state index contributed by atoms with van der Waals surface area (Å²) in [7, 11) is 0. The standard InChI is InChI=1S/C12H15F2N3O4/c13-12(14)3-7(12)9(18)4-15-10(19)8-2-1-6-5-16(8)11(20)17(6)21/h6-8,21H,1-5H2,(H,15,19)/t6-,7?,8+/m1/s1. The number of urea groups is 1. The molecule has 2 heterocycles. The number of ketones is 1. The lowest BCUT2D eigenvalue weighted by atomic mass is 10.0. The zero-order valence-electron chi connectivity index (χ0n) is 11.1. The van der Waals surface area contributed by atoms with E-state index in [2.05, 4.69) is 5.32 Å². The monoisotopic (exact) mass is 303 g/mol. The molecule has 21 heavy (non-hydrogen) atoms. The summed E-state index contributed by atoms with van der Waals surface area (Å²) < 4.78 is 25.4. The summed E-state index contributed by atoms with van der Waals surface area (Å²) in [6.45, 7) is -0.202. The molecule has 1 aliphatic carbocycles. The lowest BCUT2D eigenvalue weighted by Crippen LogP contribution is -2.50. The molecular formula is C12H15F2N3O4. The van der Waals surface area contributed by atoms with Gasteiger partial charge in [-0.25, -0.2) is 18.6 Å². The maximum Gasteiger partial charge on any atom is 0.344 e. The molecule has 2 saturated heterocycles. The van der Waals surface area contributed by atoms with Crippen LogP contribution in [0.2, 0.25) is 0 Å². The van der Waals surface area contributed by atoms with Crippen molar-refractivity contribution in [1.29, 1.82) is 0 Å². The molecule has 3 aliphatic rings. The van der Waals surface area contributed by atoms with E-state index >= 15 is 0 Å². The summed E-state index contributed by atoms with van der Waals surface area (Å²) >= 11 is 0. The molecule has 116 valence electrons. The van der Waals surface area contributed by atoms with Crippen molar-refractivity contribution in [2.45, 2.75) is 37.3 Å². The van der Waals surface area contributed by atoms with Crippen molar-refractivity contribution in [3.8, 4) is 0 Å². The van der Waals surface area contributed by atoms with Gasteiger partial charge in [-0.1, -0.05) is 0 Å². The Morgan fingerprint density at radius 1 is 1.38 bits per heavy atom. The second-order valence-corrected chi connectivity index (χ2v) is 5.73. The van der Waals surface area contributed by atoms with E-state index in [0.29, 0.717) is 17.9 Å². The molecule has 3 amide bonds. The summed E-state index contributed by atoms with van der Waals surface area (Å²) in [4.78, 5) is 36.4. The Hall–Kier alpha value is -1.77. The maximum atomic E-state index is 12.7. The zero-order chi connectivity index (χ0) is 15.4. The molecule has 0 aromatic heterocycles. The topological polar surface area (TPSA) is 90.0 Å². The van der Waals surface area contributed by atoms with E-state index in [9.17, 15) is 28.4 Å². The van der Waals surface area contributed by atoms with E-state index < -0.39 is 48.6 Å². The molecule has 3 rings (SSSR count). The molecule has 1 saturated carbocycles. The van der Waals surface area contributed by atoms with Gasteiger partial charge < -0.3 is 10.2 Å². The fourth-order valence-electron chi connectivity index (χ4n) is 2.90. The minimum atomic E-state index is -2.94. The number of rotatable bonds is 4. The van der Waals surface area contributed by atoms with Gasteiger partial charge in [0.05, 0.1) is 18.5 Å². The number of hydrogen-bond acceptors (Lipinski definition) is 4. The van der Waals surface area contributed by atoms with Crippen molar-refractivity contribution >= 4 is 17.7 Å². The second kappa shape index (κ2) is 4.62. The van der Waals surface area contributed by atoms with E-state index in [1.807, 2.05) is 0 Å². The zero-order valence-corrected chi connectivity index (χ0v) is 11.1. The minimum Gasteiger partial charge on any atom is -0.347 e. The van der Waals surface area contributed by atoms with Crippen molar-refractivity contribution in [2.75, 3.05) is 13.1 Å². The Morgan fingerprint density at radius 2 is 2.05 bits per heavy atom. The SMILES string of the molecule is O=C(CNC(=O)[C@@H]1CC[C@@H]2CN1C(=O)N2O)C1CC1(F)F. The largest absolute Gasteiger partial charge is 0.347 e. The highest BCUT2D eigenvalue weighted by molar-refractivity contribution is 5.93. The van der Waals surface area contributed by atoms with Crippen LogP contribution in [-0.4, -0.2) is 64.0 Å². The molecule has 2 N–H and O–H groups in total. The van der Waals surface area contributed by atoms with E-state index in [4.69, 9.17) is 0 Å². The lowest BCUT2D eigenvalue weighted by molar-refractivity contribution is -0.129. The average molecular weight is 303 g/mol. The van der Waals surface area contributed by atoms with E-state index in [0.717, 1.165) is 0 Å². The number of carbonyl (C=O) groups is 3. The smallest absolute Gasteiger partial charge is 0.344 e. The minimum absolute atomic E-state index is 0.252. The molecule has 3 fully saturated rings. The summed E-state index contributed by atoms with van der Waals surface area (Å²) in [5.74, 6) is -5.48. The molecular weight excluding hydrogens is 288 g/mol. The van der Waals surface area contributed by atoms with Gasteiger partial charge in [0, 0.05) is 13.0 Å². The molecule has 9 heteroatoms. The van der Waals surface area contributed by atoms with Gasteiger partial charge in [-0.2, -0.15) is 0 Å². The Morgan fingerprint density at radius 3 is 2.67 bits per heavy atom. The third kappa shape index (κ3) is 2.35. The molecule has 0 aromatic rings. The first kappa shape index (κ1) is 14.2. The molecule has 0 radical (unpaired) electrons. The number of amides is 3. The van der Waals surface area contributed by atoms with Crippen LogP contribution in [0, 0.1) is 5.92 Å². The Bertz CT molecular complexity index is 513. The molecule has 3 atom stereocenters. The van der Waals surface area contributed by atoms with E-state index in [-0.39, 0.29) is 12.6 Å². The van der Waals surface area contributed by atoms with Gasteiger partial charge in [0.25, 0.3) is 5.92 Å². The number of hydrogen-bond donors (Lipinski definition) is 2. The Labute approximate surface area is 118 Å². The van der Waals surface area contributed by atoms with Crippen LogP contribution in [0.25, 0.3) is 0 Å². The predicted octanol–water partition coefficient (Wildman–Crippen LogP) is -0.0153. The summed E-state index contributed by atoms with van der Waals surface area (Å²) in [5.41, 5.74) is 0. The quantitative estimate of drug-likeness (QED) is 0.715. The van der Waals surface area contributed by atoms with E-state index in [1.54, 1.807) is 0 Å². The van der Waals surface area contributed by atoms with Crippen molar-refractivity contribution < 1.29 is 28.4 Å². The number of nitrogens with zero attached hydrogens (tertiary/aromatic N) is 2. The number of nitrogens with one attached hydrogen (secondary N) is 1. The Kier molecular flexibility index (Phi) is 3.12. The normalized spacial score (nSPS) is 33.1. The van der Waals surface area contributed by atoms with Crippen LogP contribution in [-0.2, 0) is 9.59 Å². The number of halogens is 2. The highest BCUT2D eigenvalue weighted by atomic mass is 19.3. The van der Waals surface area contributed by atoms with Crippen LogP contribution in [0.15, 0.2) is 0 Å². The molecule has 2 aliphatic heterocycles. The fourth-order valence-corrected chi connectivity index (χ4v) is 2.90. The number of alkyl halides is 2. The van der Waals surface area contributed by atoms with Gasteiger partial charge in [0.2, 0.25) is 5.91 Å². The summed E-state index contributed by atoms with van der Waals surface area (Å²) in [5, 5.41) is 12.4. The number of fused-ring (bicyclic) bond motifs is 2. The van der Waals surface area contributed by atoms with E-state index in [1.165, 1.54) is 4.90 Å². The van der Waals surface area contributed by atoms with Gasteiger partial charge >= 0.3 is 6.03 Å². The van der Waals surface area contributed by atoms with Crippen LogP contribution >= 0.6 is 0 Å². The predicted molar refractivity (Wildman–Crippen MR) is 63.6 cm³/mol. The Balaban J connectivity index is 1.54. The fraction of sp³-hybridized carbons (Fsp3) is 0.750. The van der Waals surface area contributed by atoms with Gasteiger partial charge in [-0.05, 0) is 12.8 Å². The van der Waals surface area contributed by atoms with Crippen molar-refractivity contribution in [3.05, 3.63) is 0 Å². The van der Waals surface area contributed by atoms with Crippen LogP contribution in [0.1, 0.15) is 19.3 Å². The molecule has 2 bridgehead atoms. The highest BCUT2D eigenvalue weighted by Gasteiger charge is 2.60. The van der Waals surface area contributed by atoms with Crippen LogP contribution in [0.4, 0.5) is 13.6 Å². The van der Waals surface area contributed by atoms with Crippen LogP contribution in [0.5, 0.6) is 0 Å². The number of carbonyl (C=O) groups excluding carboxylic acids is 3. The highest BCUT2D eigenvalue weighted by Crippen LogP contribution is 2.48. The van der Waals surface area contributed by atoms with Gasteiger partial charge in [0.1, 0.15) is 6.04 Å². The number of hydroxylamine groups is 2. The molecule has 7 nitrogen and oxygen atoms in total. The first-order valence-corrected chi connectivity index (χ1v) is 6.78. The van der Waals surface area contributed by atoms with Crippen molar-refractivity contribution in [2.24, 2.45) is 5.92 Å². The lowest BCUT2D eigenvalue weighted by Gasteiger charge is -2.29. The van der Waals surface area contributed by atoms with Gasteiger partial charge in [-0.3, -0.25) is 14.8 Å². The number of Topliss-reactive ketones (excluding diaryl/α,β-unsaturated/α-hetero) is 1. The molecule has 0 aromatic carbocycles. The first-order valence-electron chi connectivity index (χ1n) is 6.78.